The third-order valence-corrected chi connectivity index (χ3v) is 5.91. The predicted octanol–water partition coefficient (Wildman–Crippen LogP) is 7.16. The Kier molecular flexibility index (Phi) is 5.66. The van der Waals surface area contributed by atoms with Crippen molar-refractivity contribution >= 4 is 22.8 Å². The highest BCUT2D eigenvalue weighted by Crippen LogP contribution is 2.35. The average molecular weight is 487 g/mol. The lowest BCUT2D eigenvalue weighted by Crippen LogP contribution is -2.34. The number of fused-ring (bicyclic) bond motifs is 1. The zero-order valence-corrected chi connectivity index (χ0v) is 18.1. The van der Waals surface area contributed by atoms with Crippen molar-refractivity contribution in [2.45, 2.75) is 25.1 Å². The Balaban J connectivity index is 1.36. The number of alkyl halides is 3. The van der Waals surface area contributed by atoms with Gasteiger partial charge >= 0.3 is 12.2 Å². The van der Waals surface area contributed by atoms with Crippen LogP contribution in [0.2, 0.25) is 0 Å². The maximum atomic E-state index is 14.2. The van der Waals surface area contributed by atoms with Crippen LogP contribution in [0.4, 0.5) is 32.4 Å². The molecule has 1 fully saturated rings. The molecule has 35 heavy (non-hydrogen) atoms. The average Bonchev–Trinajstić information content (AvgIpc) is 3.45. The van der Waals surface area contributed by atoms with Gasteiger partial charge in [0.25, 0.3) is 0 Å². The number of hydrogen-bond donors (Lipinski definition) is 1. The quantitative estimate of drug-likeness (QED) is 0.312. The summed E-state index contributed by atoms with van der Waals surface area (Å²) in [5.41, 5.74) is 1.05. The van der Waals surface area contributed by atoms with Crippen molar-refractivity contribution < 1.29 is 31.2 Å². The molecule has 4 aromatic rings. The van der Waals surface area contributed by atoms with E-state index in [0.29, 0.717) is 41.9 Å². The van der Waals surface area contributed by atoms with Gasteiger partial charge in [-0.2, -0.15) is 13.2 Å². The Hall–Kier alpha value is -3.95. The van der Waals surface area contributed by atoms with Crippen LogP contribution in [0.25, 0.3) is 22.2 Å². The molecule has 0 bridgehead atoms. The molecule has 2 amide bonds. The van der Waals surface area contributed by atoms with Crippen molar-refractivity contribution in [2.75, 3.05) is 11.9 Å². The van der Waals surface area contributed by atoms with E-state index in [2.05, 4.69) is 10.3 Å². The van der Waals surface area contributed by atoms with Crippen molar-refractivity contribution in [3.8, 4) is 11.1 Å². The van der Waals surface area contributed by atoms with Crippen LogP contribution in [-0.4, -0.2) is 22.5 Å². The zero-order chi connectivity index (χ0) is 24.7. The Morgan fingerprint density at radius 1 is 1.03 bits per heavy atom. The van der Waals surface area contributed by atoms with Crippen molar-refractivity contribution in [1.29, 1.82) is 0 Å². The van der Waals surface area contributed by atoms with E-state index >= 15 is 0 Å². The molecule has 180 valence electrons. The highest BCUT2D eigenvalue weighted by Gasteiger charge is 2.34. The normalized spacial score (nSPS) is 16.1. The first-order valence-corrected chi connectivity index (χ1v) is 10.8. The first kappa shape index (κ1) is 22.8. The van der Waals surface area contributed by atoms with Gasteiger partial charge in [-0.15, -0.1) is 0 Å². The van der Waals surface area contributed by atoms with E-state index < -0.39 is 35.4 Å². The van der Waals surface area contributed by atoms with Gasteiger partial charge in [0.15, 0.2) is 5.58 Å². The van der Waals surface area contributed by atoms with Crippen LogP contribution in [-0.2, 0) is 6.18 Å². The van der Waals surface area contributed by atoms with Crippen LogP contribution >= 0.6 is 0 Å². The summed E-state index contributed by atoms with van der Waals surface area (Å²) in [5.74, 6) is -1.07. The van der Waals surface area contributed by atoms with Crippen LogP contribution in [0.1, 0.15) is 30.3 Å². The lowest BCUT2D eigenvalue weighted by atomic mass is 10.0. The molecular formula is C25H18F5N3O2. The Labute approximate surface area is 196 Å². The van der Waals surface area contributed by atoms with E-state index in [4.69, 9.17) is 4.42 Å². The number of carbonyl (C=O) groups is 1. The van der Waals surface area contributed by atoms with E-state index in [1.54, 1.807) is 18.2 Å². The summed E-state index contributed by atoms with van der Waals surface area (Å²) in [4.78, 5) is 18.9. The molecule has 0 radical (unpaired) electrons. The third-order valence-electron chi connectivity index (χ3n) is 5.91. The predicted molar refractivity (Wildman–Crippen MR) is 119 cm³/mol. The molecule has 1 atom stereocenters. The molecular weight excluding hydrogens is 469 g/mol. The number of likely N-dealkylation sites (tertiary alicyclic amines) is 1. The van der Waals surface area contributed by atoms with Crippen LogP contribution in [0.5, 0.6) is 0 Å². The molecule has 0 aliphatic carbocycles. The van der Waals surface area contributed by atoms with Gasteiger partial charge in [-0.05, 0) is 66.9 Å². The van der Waals surface area contributed by atoms with Gasteiger partial charge in [-0.1, -0.05) is 6.07 Å². The fourth-order valence-corrected chi connectivity index (χ4v) is 4.18. The molecule has 1 aliphatic heterocycles. The molecule has 2 heterocycles. The van der Waals surface area contributed by atoms with Gasteiger partial charge in [-0.3, -0.25) is 0 Å². The third kappa shape index (κ3) is 4.55. The number of oxazole rings is 1. The van der Waals surface area contributed by atoms with E-state index in [9.17, 15) is 26.7 Å². The SMILES string of the molecule is O=C(Nc1ccc(C(F)(F)F)cc1)N1CCC[C@H]1c1nc2cc(-c3ccc(F)cc3F)ccc2o1. The summed E-state index contributed by atoms with van der Waals surface area (Å²) in [6, 6.07) is 11.5. The lowest BCUT2D eigenvalue weighted by molar-refractivity contribution is -0.137. The number of rotatable bonds is 3. The number of hydrogen-bond acceptors (Lipinski definition) is 3. The molecule has 5 rings (SSSR count). The number of aromatic nitrogens is 1. The van der Waals surface area contributed by atoms with Gasteiger partial charge < -0.3 is 14.6 Å². The van der Waals surface area contributed by atoms with Gasteiger partial charge in [0.05, 0.1) is 5.56 Å². The number of halogens is 5. The van der Waals surface area contributed by atoms with Crippen molar-refractivity contribution in [2.24, 2.45) is 0 Å². The first-order chi connectivity index (χ1) is 16.7. The Morgan fingerprint density at radius 2 is 1.80 bits per heavy atom. The monoisotopic (exact) mass is 487 g/mol. The molecule has 5 nitrogen and oxygen atoms in total. The molecule has 1 saturated heterocycles. The highest BCUT2D eigenvalue weighted by molar-refractivity contribution is 5.90. The molecule has 1 N–H and O–H groups in total. The Morgan fingerprint density at radius 3 is 2.51 bits per heavy atom. The summed E-state index contributed by atoms with van der Waals surface area (Å²) in [6.45, 7) is 0.419. The van der Waals surface area contributed by atoms with E-state index in [1.807, 2.05) is 0 Å². The minimum atomic E-state index is -4.46. The maximum absolute atomic E-state index is 14.2. The lowest BCUT2D eigenvalue weighted by Gasteiger charge is -2.22. The van der Waals surface area contributed by atoms with Crippen molar-refractivity contribution in [3.05, 3.63) is 83.8 Å². The topological polar surface area (TPSA) is 58.4 Å². The molecule has 10 heteroatoms. The number of amides is 2. The minimum Gasteiger partial charge on any atom is -0.438 e. The fourth-order valence-electron chi connectivity index (χ4n) is 4.18. The molecule has 1 aliphatic rings. The molecule has 3 aromatic carbocycles. The minimum absolute atomic E-state index is 0.219. The first-order valence-electron chi connectivity index (χ1n) is 10.8. The standard InChI is InChI=1S/C25H18F5N3O2/c26-16-6-9-18(19(27)13-16)14-3-10-22-20(12-14)32-23(35-22)21-2-1-11-33(21)24(34)31-17-7-4-15(5-8-17)25(28,29)30/h3-10,12-13,21H,1-2,11H2,(H,31,34)/t21-/m0/s1. The Bertz CT molecular complexity index is 1400. The number of nitrogens with zero attached hydrogens (tertiary/aromatic N) is 2. The van der Waals surface area contributed by atoms with E-state index in [1.165, 1.54) is 29.2 Å². The van der Waals surface area contributed by atoms with Crippen LogP contribution in [0.3, 0.4) is 0 Å². The summed E-state index contributed by atoms with van der Waals surface area (Å²) in [7, 11) is 0. The van der Waals surface area contributed by atoms with Gasteiger partial charge in [0.2, 0.25) is 5.89 Å². The number of benzene rings is 3. The van der Waals surface area contributed by atoms with Crippen molar-refractivity contribution in [3.63, 3.8) is 0 Å². The number of carbonyl (C=O) groups excluding carboxylic acids is 1. The second kappa shape index (κ2) is 8.68. The van der Waals surface area contributed by atoms with Gasteiger partial charge in [0, 0.05) is 23.9 Å². The summed E-state index contributed by atoms with van der Waals surface area (Å²) < 4.78 is 71.6. The fraction of sp³-hybridized carbons (Fsp3) is 0.200. The summed E-state index contributed by atoms with van der Waals surface area (Å²) in [6.07, 6.45) is -3.18. The maximum Gasteiger partial charge on any atom is 0.416 e. The van der Waals surface area contributed by atoms with Crippen LogP contribution < -0.4 is 5.32 Å². The zero-order valence-electron chi connectivity index (χ0n) is 18.1. The highest BCUT2D eigenvalue weighted by atomic mass is 19.4. The number of anilines is 1. The van der Waals surface area contributed by atoms with Gasteiger partial charge in [-0.25, -0.2) is 18.6 Å². The molecule has 0 unspecified atom stereocenters. The second-order valence-electron chi connectivity index (χ2n) is 8.22. The molecule has 0 spiro atoms. The number of urea groups is 1. The number of nitrogens with one attached hydrogen (secondary N) is 1. The summed E-state index contributed by atoms with van der Waals surface area (Å²) >= 11 is 0. The smallest absolute Gasteiger partial charge is 0.416 e. The van der Waals surface area contributed by atoms with E-state index in [-0.39, 0.29) is 11.3 Å². The molecule has 0 saturated carbocycles. The molecule has 1 aromatic heterocycles. The van der Waals surface area contributed by atoms with Gasteiger partial charge in [0.1, 0.15) is 23.2 Å². The summed E-state index contributed by atoms with van der Waals surface area (Å²) in [5, 5.41) is 2.62. The van der Waals surface area contributed by atoms with Crippen molar-refractivity contribution in [1.82, 2.24) is 9.88 Å². The van der Waals surface area contributed by atoms with Crippen LogP contribution in [0.15, 0.2) is 65.1 Å². The largest absolute Gasteiger partial charge is 0.438 e. The van der Waals surface area contributed by atoms with Crippen LogP contribution in [0, 0.1) is 11.6 Å². The van der Waals surface area contributed by atoms with E-state index in [0.717, 1.165) is 18.2 Å². The second-order valence-corrected chi connectivity index (χ2v) is 8.22.